The first-order valence-electron chi connectivity index (χ1n) is 5.31. The molecule has 0 bridgehead atoms. The second-order valence-corrected chi connectivity index (χ2v) is 6.61. The van der Waals surface area contributed by atoms with Crippen molar-refractivity contribution < 1.29 is 4.79 Å². The lowest BCUT2D eigenvalue weighted by Crippen LogP contribution is -2.36. The monoisotopic (exact) mass is 302 g/mol. The number of nitrogens with zero attached hydrogens (tertiary/aromatic N) is 1. The van der Waals surface area contributed by atoms with Gasteiger partial charge in [0.25, 0.3) is 0 Å². The summed E-state index contributed by atoms with van der Waals surface area (Å²) in [6.07, 6.45) is 0.918. The van der Waals surface area contributed by atoms with Crippen molar-refractivity contribution in [2.75, 3.05) is 13.6 Å². The van der Waals surface area contributed by atoms with Crippen LogP contribution in [0.25, 0.3) is 0 Å². The topological polar surface area (TPSA) is 32.3 Å². The van der Waals surface area contributed by atoms with Crippen LogP contribution in [0.2, 0.25) is 0 Å². The fraction of sp³-hybridized carbons (Fsp3) is 0.545. The highest BCUT2D eigenvalue weighted by Gasteiger charge is 2.28. The van der Waals surface area contributed by atoms with Crippen molar-refractivity contribution >= 4 is 33.2 Å². The summed E-state index contributed by atoms with van der Waals surface area (Å²) in [4.78, 5) is 14.7. The molecule has 0 aromatic carbocycles. The highest BCUT2D eigenvalue weighted by molar-refractivity contribution is 9.11. The Bertz CT molecular complexity index is 385. The largest absolute Gasteiger partial charge is 0.344 e. The van der Waals surface area contributed by atoms with Crippen LogP contribution in [0.4, 0.5) is 0 Å². The maximum Gasteiger partial charge on any atom is 0.239 e. The Morgan fingerprint density at radius 3 is 2.94 bits per heavy atom. The molecule has 1 aliphatic rings. The summed E-state index contributed by atoms with van der Waals surface area (Å²) in [6, 6.07) is 2.16. The Morgan fingerprint density at radius 2 is 2.44 bits per heavy atom. The molecule has 3 nitrogen and oxygen atoms in total. The molecule has 0 radical (unpaired) electrons. The molecule has 1 unspecified atom stereocenters. The zero-order chi connectivity index (χ0) is 11.7. The third kappa shape index (κ3) is 2.47. The van der Waals surface area contributed by atoms with Crippen LogP contribution < -0.4 is 5.32 Å². The zero-order valence-electron chi connectivity index (χ0n) is 9.42. The second-order valence-electron chi connectivity index (χ2n) is 4.15. The van der Waals surface area contributed by atoms with Crippen LogP contribution in [0, 0.1) is 6.92 Å². The number of thiophene rings is 1. The molecule has 1 fully saturated rings. The SMILES string of the molecule is Cc1cc(CNC2CCN(C)C2=O)sc1Br. The smallest absolute Gasteiger partial charge is 0.239 e. The minimum atomic E-state index is 0.00572. The molecule has 1 amide bonds. The first-order chi connectivity index (χ1) is 7.58. The summed E-state index contributed by atoms with van der Waals surface area (Å²) in [5.41, 5.74) is 1.26. The summed E-state index contributed by atoms with van der Waals surface area (Å²) in [5, 5.41) is 3.32. The van der Waals surface area contributed by atoms with E-state index in [1.165, 1.54) is 14.2 Å². The molecule has 1 aliphatic heterocycles. The molecule has 1 N–H and O–H groups in total. The van der Waals surface area contributed by atoms with Crippen molar-refractivity contribution in [3.63, 3.8) is 0 Å². The lowest BCUT2D eigenvalue weighted by atomic mass is 10.2. The predicted molar refractivity (Wildman–Crippen MR) is 69.6 cm³/mol. The number of hydrogen-bond acceptors (Lipinski definition) is 3. The Balaban J connectivity index is 1.90. The highest BCUT2D eigenvalue weighted by Crippen LogP contribution is 2.27. The van der Waals surface area contributed by atoms with Gasteiger partial charge in [0.2, 0.25) is 5.91 Å². The Labute approximate surface area is 108 Å². The maximum atomic E-state index is 11.7. The van der Waals surface area contributed by atoms with Crippen LogP contribution in [-0.4, -0.2) is 30.4 Å². The van der Waals surface area contributed by atoms with E-state index in [4.69, 9.17) is 0 Å². The van der Waals surface area contributed by atoms with Gasteiger partial charge in [-0.3, -0.25) is 4.79 Å². The van der Waals surface area contributed by atoms with Gasteiger partial charge in [-0.25, -0.2) is 0 Å². The average molecular weight is 303 g/mol. The van der Waals surface area contributed by atoms with Crippen molar-refractivity contribution in [1.82, 2.24) is 10.2 Å². The number of rotatable bonds is 3. The van der Waals surface area contributed by atoms with Crippen molar-refractivity contribution in [2.45, 2.75) is 25.9 Å². The number of hydrogen-bond donors (Lipinski definition) is 1. The number of carbonyl (C=O) groups is 1. The van der Waals surface area contributed by atoms with E-state index in [2.05, 4.69) is 34.2 Å². The van der Waals surface area contributed by atoms with Crippen LogP contribution in [0.3, 0.4) is 0 Å². The summed E-state index contributed by atoms with van der Waals surface area (Å²) < 4.78 is 1.18. The predicted octanol–water partition coefficient (Wildman–Crippen LogP) is 2.14. The summed E-state index contributed by atoms with van der Waals surface area (Å²) in [7, 11) is 1.86. The van der Waals surface area contributed by atoms with Gasteiger partial charge in [0.15, 0.2) is 0 Å². The van der Waals surface area contributed by atoms with Crippen LogP contribution in [0.1, 0.15) is 16.9 Å². The normalized spacial score (nSPS) is 20.8. The van der Waals surface area contributed by atoms with Crippen molar-refractivity contribution in [3.8, 4) is 0 Å². The third-order valence-corrected chi connectivity index (χ3v) is 5.00. The van der Waals surface area contributed by atoms with E-state index in [1.807, 2.05) is 7.05 Å². The fourth-order valence-electron chi connectivity index (χ4n) is 1.85. The maximum absolute atomic E-state index is 11.7. The third-order valence-electron chi connectivity index (χ3n) is 2.86. The first kappa shape index (κ1) is 12.1. The van der Waals surface area contributed by atoms with Gasteiger partial charge in [-0.2, -0.15) is 0 Å². The van der Waals surface area contributed by atoms with E-state index >= 15 is 0 Å². The Kier molecular flexibility index (Phi) is 3.66. The number of likely N-dealkylation sites (tertiary alicyclic amines) is 1. The van der Waals surface area contributed by atoms with Gasteiger partial charge in [-0.1, -0.05) is 0 Å². The molecule has 0 saturated carbocycles. The molecule has 2 rings (SSSR count). The molecule has 1 atom stereocenters. The number of carbonyl (C=O) groups excluding carboxylic acids is 1. The number of aryl methyl sites for hydroxylation is 1. The molecule has 1 aromatic rings. The minimum absolute atomic E-state index is 0.00572. The second kappa shape index (κ2) is 4.85. The van der Waals surface area contributed by atoms with Crippen LogP contribution >= 0.6 is 27.3 Å². The van der Waals surface area contributed by atoms with E-state index in [1.54, 1.807) is 16.2 Å². The molecule has 5 heteroatoms. The highest BCUT2D eigenvalue weighted by atomic mass is 79.9. The number of halogens is 1. The molecular weight excluding hydrogens is 288 g/mol. The van der Waals surface area contributed by atoms with E-state index in [0.29, 0.717) is 0 Å². The van der Waals surface area contributed by atoms with E-state index in [9.17, 15) is 4.79 Å². The van der Waals surface area contributed by atoms with Crippen molar-refractivity contribution in [2.24, 2.45) is 0 Å². The summed E-state index contributed by atoms with van der Waals surface area (Å²) in [5.74, 6) is 0.215. The minimum Gasteiger partial charge on any atom is -0.344 e. The molecule has 88 valence electrons. The lowest BCUT2D eigenvalue weighted by molar-refractivity contribution is -0.128. The molecule has 16 heavy (non-hydrogen) atoms. The zero-order valence-corrected chi connectivity index (χ0v) is 11.8. The van der Waals surface area contributed by atoms with Crippen LogP contribution in [0.15, 0.2) is 9.85 Å². The van der Waals surface area contributed by atoms with E-state index in [-0.39, 0.29) is 11.9 Å². The first-order valence-corrected chi connectivity index (χ1v) is 6.92. The summed E-state index contributed by atoms with van der Waals surface area (Å²) in [6.45, 7) is 3.73. The molecule has 1 saturated heterocycles. The standard InChI is InChI=1S/C11H15BrN2OS/c1-7-5-8(16-10(7)12)6-13-9-3-4-14(2)11(9)15/h5,9,13H,3-4,6H2,1-2H3. The molecule has 0 spiro atoms. The Morgan fingerprint density at radius 1 is 1.69 bits per heavy atom. The van der Waals surface area contributed by atoms with Gasteiger partial charge in [0.05, 0.1) is 9.83 Å². The molecular formula is C11H15BrN2OS. The van der Waals surface area contributed by atoms with Gasteiger partial charge >= 0.3 is 0 Å². The number of amides is 1. The van der Waals surface area contributed by atoms with Crippen LogP contribution in [-0.2, 0) is 11.3 Å². The lowest BCUT2D eigenvalue weighted by Gasteiger charge is -2.11. The molecule has 1 aromatic heterocycles. The Hall–Kier alpha value is -0.390. The number of likely N-dealkylation sites (N-methyl/N-ethyl adjacent to an activating group) is 1. The van der Waals surface area contributed by atoms with Gasteiger partial charge < -0.3 is 10.2 Å². The van der Waals surface area contributed by atoms with Gasteiger partial charge in [-0.05, 0) is 40.9 Å². The average Bonchev–Trinajstić information content (AvgIpc) is 2.72. The van der Waals surface area contributed by atoms with E-state index < -0.39 is 0 Å². The fourth-order valence-corrected chi connectivity index (χ4v) is 3.43. The van der Waals surface area contributed by atoms with Gasteiger partial charge in [-0.15, -0.1) is 11.3 Å². The molecule has 2 heterocycles. The van der Waals surface area contributed by atoms with E-state index in [0.717, 1.165) is 19.5 Å². The number of nitrogens with one attached hydrogen (secondary N) is 1. The van der Waals surface area contributed by atoms with Gasteiger partial charge in [0.1, 0.15) is 0 Å². The quantitative estimate of drug-likeness (QED) is 0.928. The van der Waals surface area contributed by atoms with Crippen molar-refractivity contribution in [1.29, 1.82) is 0 Å². The molecule has 0 aliphatic carbocycles. The van der Waals surface area contributed by atoms with Gasteiger partial charge in [0, 0.05) is 25.0 Å². The summed E-state index contributed by atoms with van der Waals surface area (Å²) >= 11 is 5.24. The van der Waals surface area contributed by atoms with Crippen LogP contribution in [0.5, 0.6) is 0 Å². The van der Waals surface area contributed by atoms with Crippen molar-refractivity contribution in [3.05, 3.63) is 20.3 Å².